The lowest BCUT2D eigenvalue weighted by Crippen LogP contribution is -2.40. The van der Waals surface area contributed by atoms with Gasteiger partial charge in [0.25, 0.3) is 0 Å². The fraction of sp³-hybridized carbons (Fsp3) is 0.533. The van der Waals surface area contributed by atoms with E-state index in [4.69, 9.17) is 4.74 Å². The number of alkyl halides is 3. The SMILES string of the molecule is CCOC(=O)C1CCN(S(=O)(=O)c2ccc(F)c(C(F)(F)F)c2)CC1. The van der Waals surface area contributed by atoms with E-state index < -0.39 is 44.4 Å². The number of halogens is 4. The zero-order chi connectivity index (χ0) is 18.8. The Morgan fingerprint density at radius 3 is 2.40 bits per heavy atom. The highest BCUT2D eigenvalue weighted by Gasteiger charge is 2.37. The second-order valence-corrected chi connectivity index (χ2v) is 7.51. The van der Waals surface area contributed by atoms with Crippen molar-refractivity contribution in [3.63, 3.8) is 0 Å². The monoisotopic (exact) mass is 383 g/mol. The quantitative estimate of drug-likeness (QED) is 0.593. The van der Waals surface area contributed by atoms with Gasteiger partial charge in [-0.2, -0.15) is 17.5 Å². The first-order chi connectivity index (χ1) is 11.6. The number of hydrogen-bond acceptors (Lipinski definition) is 4. The van der Waals surface area contributed by atoms with E-state index >= 15 is 0 Å². The molecule has 0 atom stereocenters. The first kappa shape index (κ1) is 19.6. The predicted octanol–water partition coefficient (Wildman–Crippen LogP) is 2.81. The third kappa shape index (κ3) is 4.30. The normalized spacial score (nSPS) is 17.5. The summed E-state index contributed by atoms with van der Waals surface area (Å²) in [5.74, 6) is -2.39. The molecule has 1 aliphatic rings. The zero-order valence-corrected chi connectivity index (χ0v) is 14.2. The molecule has 1 aromatic carbocycles. The van der Waals surface area contributed by atoms with Crippen LogP contribution in [0.25, 0.3) is 0 Å². The summed E-state index contributed by atoms with van der Waals surface area (Å²) in [4.78, 5) is 11.0. The number of nitrogens with zero attached hydrogens (tertiary/aromatic N) is 1. The number of piperidine rings is 1. The first-order valence-electron chi connectivity index (χ1n) is 7.61. The number of benzene rings is 1. The van der Waals surface area contributed by atoms with Crippen molar-refractivity contribution in [3.05, 3.63) is 29.6 Å². The van der Waals surface area contributed by atoms with Gasteiger partial charge < -0.3 is 4.74 Å². The van der Waals surface area contributed by atoms with Crippen molar-refractivity contribution in [2.75, 3.05) is 19.7 Å². The van der Waals surface area contributed by atoms with Crippen molar-refractivity contribution in [2.45, 2.75) is 30.8 Å². The fourth-order valence-corrected chi connectivity index (χ4v) is 4.12. The van der Waals surface area contributed by atoms with E-state index in [1.807, 2.05) is 0 Å². The number of esters is 1. The number of hydrogen-bond donors (Lipinski definition) is 0. The van der Waals surface area contributed by atoms with E-state index in [1.54, 1.807) is 6.92 Å². The average molecular weight is 383 g/mol. The van der Waals surface area contributed by atoms with Crippen LogP contribution in [0.15, 0.2) is 23.1 Å². The predicted molar refractivity (Wildman–Crippen MR) is 79.5 cm³/mol. The van der Waals surface area contributed by atoms with Gasteiger partial charge in [-0.05, 0) is 38.0 Å². The molecular weight excluding hydrogens is 366 g/mol. The maximum Gasteiger partial charge on any atom is 0.419 e. The molecular formula is C15H17F4NO4S. The van der Waals surface area contributed by atoms with Gasteiger partial charge in [0.05, 0.1) is 23.0 Å². The van der Waals surface area contributed by atoms with E-state index in [1.165, 1.54) is 0 Å². The van der Waals surface area contributed by atoms with Crippen molar-refractivity contribution < 1.29 is 35.5 Å². The van der Waals surface area contributed by atoms with Gasteiger partial charge in [-0.25, -0.2) is 12.8 Å². The molecule has 0 N–H and O–H groups in total. The fourth-order valence-electron chi connectivity index (χ4n) is 2.62. The summed E-state index contributed by atoms with van der Waals surface area (Å²) in [6.45, 7) is 1.83. The standard InChI is InChI=1S/C15H17F4NO4S/c1-2-24-14(21)10-5-7-20(8-6-10)25(22,23)11-3-4-13(16)12(9-11)15(17,18)19/h3-4,9-10H,2,5-8H2,1H3. The topological polar surface area (TPSA) is 63.7 Å². The highest BCUT2D eigenvalue weighted by atomic mass is 32.2. The molecule has 5 nitrogen and oxygen atoms in total. The Morgan fingerprint density at radius 1 is 1.28 bits per heavy atom. The van der Waals surface area contributed by atoms with E-state index in [9.17, 15) is 30.8 Å². The van der Waals surface area contributed by atoms with Crippen molar-refractivity contribution >= 4 is 16.0 Å². The Kier molecular flexibility index (Phi) is 5.72. The third-order valence-corrected chi connectivity index (χ3v) is 5.85. The molecule has 0 aliphatic carbocycles. The van der Waals surface area contributed by atoms with Crippen molar-refractivity contribution in [3.8, 4) is 0 Å². The van der Waals surface area contributed by atoms with Crippen molar-refractivity contribution in [1.82, 2.24) is 4.31 Å². The summed E-state index contributed by atoms with van der Waals surface area (Å²) >= 11 is 0. The third-order valence-electron chi connectivity index (χ3n) is 3.95. The molecule has 1 aliphatic heterocycles. The average Bonchev–Trinajstić information content (AvgIpc) is 2.54. The molecule has 0 unspecified atom stereocenters. The molecule has 0 aromatic heterocycles. The second-order valence-electron chi connectivity index (χ2n) is 5.57. The van der Waals surface area contributed by atoms with Crippen LogP contribution in [-0.4, -0.2) is 38.4 Å². The molecule has 1 saturated heterocycles. The molecule has 0 amide bonds. The Labute approximate surface area is 142 Å². The van der Waals surface area contributed by atoms with Crippen LogP contribution in [0.5, 0.6) is 0 Å². The smallest absolute Gasteiger partial charge is 0.419 e. The molecule has 10 heteroatoms. The Morgan fingerprint density at radius 2 is 1.88 bits per heavy atom. The Bertz CT molecular complexity index is 740. The number of ether oxygens (including phenoxy) is 1. The van der Waals surface area contributed by atoms with E-state index in [0.717, 1.165) is 10.4 Å². The lowest BCUT2D eigenvalue weighted by atomic mass is 9.98. The summed E-state index contributed by atoms with van der Waals surface area (Å²) in [6.07, 6.45) is -4.57. The lowest BCUT2D eigenvalue weighted by Gasteiger charge is -2.30. The van der Waals surface area contributed by atoms with Gasteiger partial charge in [-0.15, -0.1) is 0 Å². The molecule has 0 saturated carbocycles. The van der Waals surface area contributed by atoms with Crippen LogP contribution in [0.3, 0.4) is 0 Å². The summed E-state index contributed by atoms with van der Waals surface area (Å²) < 4.78 is 82.5. The van der Waals surface area contributed by atoms with Gasteiger partial charge in [0.15, 0.2) is 0 Å². The summed E-state index contributed by atoms with van der Waals surface area (Å²) in [5.41, 5.74) is -1.63. The van der Waals surface area contributed by atoms with Gasteiger partial charge >= 0.3 is 12.1 Å². The van der Waals surface area contributed by atoms with Crippen LogP contribution in [0.4, 0.5) is 17.6 Å². The van der Waals surface area contributed by atoms with Crippen molar-refractivity contribution in [1.29, 1.82) is 0 Å². The summed E-state index contributed by atoms with van der Waals surface area (Å²) in [7, 11) is -4.21. The Balaban J connectivity index is 2.19. The number of carbonyl (C=O) groups is 1. The largest absolute Gasteiger partial charge is 0.466 e. The molecule has 1 heterocycles. The van der Waals surface area contributed by atoms with E-state index in [-0.39, 0.29) is 32.5 Å². The number of sulfonamides is 1. The van der Waals surface area contributed by atoms with Crippen LogP contribution in [0.2, 0.25) is 0 Å². The van der Waals surface area contributed by atoms with Crippen LogP contribution in [0, 0.1) is 11.7 Å². The minimum Gasteiger partial charge on any atom is -0.466 e. The zero-order valence-electron chi connectivity index (χ0n) is 13.3. The molecule has 0 spiro atoms. The highest BCUT2D eigenvalue weighted by Crippen LogP contribution is 2.34. The van der Waals surface area contributed by atoms with Crippen molar-refractivity contribution in [2.24, 2.45) is 5.92 Å². The highest BCUT2D eigenvalue weighted by molar-refractivity contribution is 7.89. The van der Waals surface area contributed by atoms with Gasteiger partial charge in [-0.1, -0.05) is 0 Å². The van der Waals surface area contributed by atoms with Crippen LogP contribution in [-0.2, 0) is 25.7 Å². The number of rotatable bonds is 4. The van der Waals surface area contributed by atoms with Gasteiger partial charge in [0.1, 0.15) is 5.82 Å². The molecule has 0 radical (unpaired) electrons. The molecule has 140 valence electrons. The lowest BCUT2D eigenvalue weighted by molar-refractivity contribution is -0.149. The van der Waals surface area contributed by atoms with Crippen LogP contribution >= 0.6 is 0 Å². The van der Waals surface area contributed by atoms with Crippen LogP contribution < -0.4 is 0 Å². The maximum absolute atomic E-state index is 13.3. The minimum absolute atomic E-state index is 0.0233. The summed E-state index contributed by atoms with van der Waals surface area (Å²) in [5, 5.41) is 0. The van der Waals surface area contributed by atoms with E-state index in [2.05, 4.69) is 0 Å². The van der Waals surface area contributed by atoms with Crippen LogP contribution in [0.1, 0.15) is 25.3 Å². The van der Waals surface area contributed by atoms with E-state index in [0.29, 0.717) is 12.1 Å². The second kappa shape index (κ2) is 7.28. The van der Waals surface area contributed by atoms with Gasteiger partial charge in [0, 0.05) is 13.1 Å². The molecule has 1 aromatic rings. The van der Waals surface area contributed by atoms with Gasteiger partial charge in [0.2, 0.25) is 10.0 Å². The number of carbonyl (C=O) groups excluding carboxylic acids is 1. The molecule has 0 bridgehead atoms. The van der Waals surface area contributed by atoms with Gasteiger partial charge in [-0.3, -0.25) is 4.79 Å². The summed E-state index contributed by atoms with van der Waals surface area (Å²) in [6, 6.07) is 1.58. The maximum atomic E-state index is 13.3. The minimum atomic E-state index is -4.99. The molecule has 1 fully saturated rings. The first-order valence-corrected chi connectivity index (χ1v) is 9.05. The molecule has 25 heavy (non-hydrogen) atoms. The Hall–Kier alpha value is -1.68. The molecule has 2 rings (SSSR count).